The molecule has 0 radical (unpaired) electrons. The number of nitrogens with zero attached hydrogens (tertiary/aromatic N) is 3. The van der Waals surface area contributed by atoms with Gasteiger partial charge in [-0.3, -0.25) is 19.7 Å². The number of anilines is 1. The van der Waals surface area contributed by atoms with Crippen molar-refractivity contribution in [1.82, 2.24) is 9.78 Å². The van der Waals surface area contributed by atoms with E-state index >= 15 is 0 Å². The zero-order chi connectivity index (χ0) is 20.4. The van der Waals surface area contributed by atoms with E-state index in [2.05, 4.69) is 10.4 Å². The van der Waals surface area contributed by atoms with Crippen LogP contribution < -0.4 is 10.9 Å². The summed E-state index contributed by atoms with van der Waals surface area (Å²) in [5, 5.41) is 18.6. The average Bonchev–Trinajstić information content (AvgIpc) is 2.75. The van der Waals surface area contributed by atoms with Gasteiger partial charge in [-0.05, 0) is 24.3 Å². The van der Waals surface area contributed by atoms with Gasteiger partial charge in [-0.1, -0.05) is 42.5 Å². The summed E-state index contributed by atoms with van der Waals surface area (Å²) in [5.41, 5.74) is 0.323. The molecule has 0 bridgehead atoms. The summed E-state index contributed by atoms with van der Waals surface area (Å²) < 4.78 is 1.17. The van der Waals surface area contributed by atoms with Gasteiger partial charge in [0.15, 0.2) is 5.69 Å². The number of carbonyl (C=O) groups is 1. The van der Waals surface area contributed by atoms with Crippen molar-refractivity contribution in [3.05, 3.63) is 105 Å². The maximum atomic E-state index is 12.9. The summed E-state index contributed by atoms with van der Waals surface area (Å²) in [6.45, 7) is 0. The third kappa shape index (κ3) is 3.46. The maximum Gasteiger partial charge on any atom is 0.279 e. The van der Waals surface area contributed by atoms with Crippen molar-refractivity contribution in [2.75, 3.05) is 5.32 Å². The molecule has 8 nitrogen and oxygen atoms in total. The van der Waals surface area contributed by atoms with Crippen LogP contribution in [0.2, 0.25) is 0 Å². The number of aromatic nitrogens is 2. The third-order valence-corrected chi connectivity index (χ3v) is 4.34. The Labute approximate surface area is 164 Å². The standard InChI is InChI=1S/C21H14N4O4/c26-20(22-14-7-6-10-16(13-14)25(28)29)19-17-11-4-5-12-18(17)21(27)24(23-19)15-8-2-1-3-9-15/h1-13H,(H,22,26). The van der Waals surface area contributed by atoms with Gasteiger partial charge in [-0.25, -0.2) is 0 Å². The Morgan fingerprint density at radius 2 is 1.62 bits per heavy atom. The second-order valence-corrected chi connectivity index (χ2v) is 6.21. The van der Waals surface area contributed by atoms with Crippen LogP contribution in [0, 0.1) is 10.1 Å². The summed E-state index contributed by atoms with van der Waals surface area (Å²) >= 11 is 0. The number of benzene rings is 3. The molecule has 0 unspecified atom stereocenters. The molecule has 0 saturated carbocycles. The van der Waals surface area contributed by atoms with Crippen LogP contribution in [-0.2, 0) is 0 Å². The number of nitro benzene ring substituents is 1. The number of nitrogens with one attached hydrogen (secondary N) is 1. The highest BCUT2D eigenvalue weighted by Gasteiger charge is 2.18. The predicted octanol–water partition coefficient (Wildman–Crippen LogP) is 3.55. The van der Waals surface area contributed by atoms with Gasteiger partial charge >= 0.3 is 0 Å². The Morgan fingerprint density at radius 1 is 0.931 bits per heavy atom. The quantitative estimate of drug-likeness (QED) is 0.426. The van der Waals surface area contributed by atoms with Gasteiger partial charge in [-0.2, -0.15) is 9.78 Å². The summed E-state index contributed by atoms with van der Waals surface area (Å²) in [6, 6.07) is 21.1. The first kappa shape index (κ1) is 18.1. The minimum atomic E-state index is -0.577. The van der Waals surface area contributed by atoms with Crippen LogP contribution in [0.3, 0.4) is 0 Å². The molecule has 29 heavy (non-hydrogen) atoms. The zero-order valence-electron chi connectivity index (χ0n) is 15.0. The molecule has 0 spiro atoms. The number of amides is 1. The lowest BCUT2D eigenvalue weighted by Gasteiger charge is -2.11. The van der Waals surface area contributed by atoms with Crippen molar-refractivity contribution in [2.24, 2.45) is 0 Å². The van der Waals surface area contributed by atoms with E-state index in [1.54, 1.807) is 54.6 Å². The molecule has 1 amide bonds. The number of carbonyl (C=O) groups excluding carboxylic acids is 1. The lowest BCUT2D eigenvalue weighted by atomic mass is 10.1. The van der Waals surface area contributed by atoms with Crippen molar-refractivity contribution in [2.45, 2.75) is 0 Å². The minimum absolute atomic E-state index is 0.0376. The first-order chi connectivity index (χ1) is 14.0. The molecule has 8 heteroatoms. The third-order valence-electron chi connectivity index (χ3n) is 4.34. The van der Waals surface area contributed by atoms with E-state index in [1.165, 1.54) is 22.9 Å². The van der Waals surface area contributed by atoms with Crippen molar-refractivity contribution < 1.29 is 9.72 Å². The summed E-state index contributed by atoms with van der Waals surface area (Å²) in [7, 11) is 0. The van der Waals surface area contributed by atoms with Crippen LogP contribution in [0.5, 0.6) is 0 Å². The number of non-ortho nitro benzene ring substituents is 1. The Hall–Kier alpha value is -4.33. The monoisotopic (exact) mass is 386 g/mol. The van der Waals surface area contributed by atoms with E-state index < -0.39 is 10.8 Å². The molecular weight excluding hydrogens is 372 g/mol. The van der Waals surface area contributed by atoms with Gasteiger partial charge in [0.2, 0.25) is 0 Å². The number of fused-ring (bicyclic) bond motifs is 1. The van der Waals surface area contributed by atoms with Gasteiger partial charge in [0, 0.05) is 23.2 Å². The van der Waals surface area contributed by atoms with Gasteiger partial charge in [0.05, 0.1) is 16.0 Å². The topological polar surface area (TPSA) is 107 Å². The molecule has 4 aromatic rings. The highest BCUT2D eigenvalue weighted by atomic mass is 16.6. The van der Waals surface area contributed by atoms with E-state index in [0.717, 1.165) is 0 Å². The van der Waals surface area contributed by atoms with Crippen molar-refractivity contribution in [3.8, 4) is 5.69 Å². The SMILES string of the molecule is O=C(Nc1cccc([N+](=O)[O-])c1)c1nn(-c2ccccc2)c(=O)c2ccccc12. The number of nitro groups is 1. The molecule has 0 saturated heterocycles. The van der Waals surface area contributed by atoms with E-state index in [4.69, 9.17) is 0 Å². The van der Waals surface area contributed by atoms with Crippen LogP contribution >= 0.6 is 0 Å². The zero-order valence-corrected chi connectivity index (χ0v) is 15.0. The number of rotatable bonds is 4. The number of para-hydroxylation sites is 1. The van der Waals surface area contributed by atoms with E-state index in [9.17, 15) is 19.7 Å². The molecule has 1 N–H and O–H groups in total. The molecule has 1 aromatic heterocycles. The predicted molar refractivity (Wildman–Crippen MR) is 108 cm³/mol. The van der Waals surface area contributed by atoms with Crippen molar-refractivity contribution in [1.29, 1.82) is 0 Å². The number of hydrogen-bond donors (Lipinski definition) is 1. The maximum absolute atomic E-state index is 12.9. The van der Waals surface area contributed by atoms with E-state index in [-0.39, 0.29) is 22.6 Å². The van der Waals surface area contributed by atoms with Crippen LogP contribution in [0.1, 0.15) is 10.5 Å². The fourth-order valence-electron chi connectivity index (χ4n) is 2.99. The minimum Gasteiger partial charge on any atom is -0.320 e. The van der Waals surface area contributed by atoms with Gasteiger partial charge in [-0.15, -0.1) is 0 Å². The van der Waals surface area contributed by atoms with Crippen molar-refractivity contribution in [3.63, 3.8) is 0 Å². The molecule has 4 rings (SSSR count). The van der Waals surface area contributed by atoms with Crippen LogP contribution in [0.4, 0.5) is 11.4 Å². The fraction of sp³-hybridized carbons (Fsp3) is 0. The lowest BCUT2D eigenvalue weighted by Crippen LogP contribution is -2.26. The van der Waals surface area contributed by atoms with E-state index in [1.807, 2.05) is 6.07 Å². The normalized spacial score (nSPS) is 10.6. The number of hydrogen-bond acceptors (Lipinski definition) is 5. The van der Waals surface area contributed by atoms with Crippen LogP contribution in [0.15, 0.2) is 83.7 Å². The Morgan fingerprint density at radius 3 is 2.34 bits per heavy atom. The summed E-state index contributed by atoms with van der Waals surface area (Å²) in [5.74, 6) is -0.577. The van der Waals surface area contributed by atoms with Gasteiger partial charge in [0.1, 0.15) is 0 Å². The van der Waals surface area contributed by atoms with Crippen LogP contribution in [0.25, 0.3) is 16.5 Å². The van der Waals surface area contributed by atoms with E-state index in [0.29, 0.717) is 16.5 Å². The fourth-order valence-corrected chi connectivity index (χ4v) is 2.99. The largest absolute Gasteiger partial charge is 0.320 e. The summed E-state index contributed by atoms with van der Waals surface area (Å²) in [4.78, 5) is 36.2. The van der Waals surface area contributed by atoms with Gasteiger partial charge in [0.25, 0.3) is 17.2 Å². The molecule has 142 valence electrons. The smallest absolute Gasteiger partial charge is 0.279 e. The second-order valence-electron chi connectivity index (χ2n) is 6.21. The molecule has 3 aromatic carbocycles. The first-order valence-electron chi connectivity index (χ1n) is 8.68. The Bertz CT molecular complexity index is 1300. The molecule has 0 aliphatic heterocycles. The molecule has 0 fully saturated rings. The van der Waals surface area contributed by atoms with Gasteiger partial charge < -0.3 is 5.32 Å². The lowest BCUT2D eigenvalue weighted by molar-refractivity contribution is -0.384. The first-order valence-corrected chi connectivity index (χ1v) is 8.68. The second kappa shape index (κ2) is 7.35. The van der Waals surface area contributed by atoms with Crippen molar-refractivity contribution >= 4 is 28.1 Å². The summed E-state index contributed by atoms with van der Waals surface area (Å²) in [6.07, 6.45) is 0. The van der Waals surface area contributed by atoms with Crippen LogP contribution in [-0.4, -0.2) is 20.6 Å². The Balaban J connectivity index is 1.84. The molecule has 1 heterocycles. The molecule has 0 aliphatic rings. The molecule has 0 aliphatic carbocycles. The Kier molecular flexibility index (Phi) is 4.58. The molecule has 0 atom stereocenters. The highest BCUT2D eigenvalue weighted by Crippen LogP contribution is 2.20. The average molecular weight is 386 g/mol. The highest BCUT2D eigenvalue weighted by molar-refractivity contribution is 6.11. The molecular formula is C21H14N4O4.